The van der Waals surface area contributed by atoms with Gasteiger partial charge in [-0.1, -0.05) is 24.3 Å². The van der Waals surface area contributed by atoms with Crippen LogP contribution in [-0.4, -0.2) is 89.5 Å². The molecule has 2 aromatic heterocycles. The van der Waals surface area contributed by atoms with Crippen molar-refractivity contribution in [2.45, 2.75) is 59.1 Å². The summed E-state index contributed by atoms with van der Waals surface area (Å²) in [5.41, 5.74) is 2.23. The van der Waals surface area contributed by atoms with E-state index in [4.69, 9.17) is 14.6 Å². The third-order valence-electron chi connectivity index (χ3n) is 7.54. The number of hydrogen-bond acceptors (Lipinski definition) is 12. The van der Waals surface area contributed by atoms with Gasteiger partial charge in [-0.3, -0.25) is 14.4 Å². The number of aromatic hydroxyl groups is 2. The molecule has 0 unspecified atom stereocenters. The summed E-state index contributed by atoms with van der Waals surface area (Å²) >= 11 is 1.96. The SMILES string of the molecule is COC(=O)[C@H](CNC(=O)OC(C)(C)C)NC(=O)c1sc(C(=O)NCCc2cccc(O)c2)cc1C.Cc1cc(C(=O)NCCc2cccc(O)c2)sc1C(=O)O. The molecule has 17 heteroatoms. The Morgan fingerprint density at radius 3 is 1.62 bits per heavy atom. The molecule has 15 nitrogen and oxygen atoms in total. The van der Waals surface area contributed by atoms with Gasteiger partial charge in [-0.15, -0.1) is 22.7 Å². The molecule has 0 radical (unpaired) electrons. The van der Waals surface area contributed by atoms with Crippen LogP contribution in [0.25, 0.3) is 0 Å². The molecule has 1 atom stereocenters. The molecule has 0 aliphatic heterocycles. The summed E-state index contributed by atoms with van der Waals surface area (Å²) in [6.45, 7) is 8.98. The van der Waals surface area contributed by atoms with E-state index in [1.165, 1.54) is 7.11 Å². The Morgan fingerprint density at radius 2 is 1.20 bits per heavy atom. The van der Waals surface area contributed by atoms with E-state index in [0.717, 1.165) is 33.8 Å². The molecule has 2 heterocycles. The van der Waals surface area contributed by atoms with Crippen LogP contribution in [0.4, 0.5) is 4.79 Å². The number of hydrogen-bond donors (Lipinski definition) is 7. The first kappa shape index (κ1) is 44.5. The van der Waals surface area contributed by atoms with Crippen molar-refractivity contribution in [3.8, 4) is 11.5 Å². The Hall–Kier alpha value is -5.94. The van der Waals surface area contributed by atoms with E-state index in [0.29, 0.717) is 46.8 Å². The van der Waals surface area contributed by atoms with Gasteiger partial charge < -0.3 is 46.1 Å². The lowest BCUT2D eigenvalue weighted by Crippen LogP contribution is -2.49. The summed E-state index contributed by atoms with van der Waals surface area (Å²) in [5.74, 6) is -2.61. The van der Waals surface area contributed by atoms with Gasteiger partial charge in [0.25, 0.3) is 17.7 Å². The second-order valence-corrected chi connectivity index (χ2v) is 15.4. The van der Waals surface area contributed by atoms with E-state index in [1.807, 2.05) is 12.1 Å². The number of aryl methyl sites for hydroxylation is 2. The van der Waals surface area contributed by atoms with Crippen LogP contribution in [-0.2, 0) is 27.1 Å². The van der Waals surface area contributed by atoms with Crippen LogP contribution in [0.1, 0.15) is 81.7 Å². The predicted octanol–water partition coefficient (Wildman–Crippen LogP) is 4.96. The second-order valence-electron chi connectivity index (χ2n) is 13.3. The Kier molecular flexibility index (Phi) is 16.4. The van der Waals surface area contributed by atoms with Crippen LogP contribution in [0.5, 0.6) is 11.5 Å². The first-order valence-electron chi connectivity index (χ1n) is 17.3. The number of carbonyl (C=O) groups is 6. The van der Waals surface area contributed by atoms with Crippen molar-refractivity contribution in [1.29, 1.82) is 0 Å². The number of methoxy groups -OCH3 is 1. The molecule has 0 saturated carbocycles. The van der Waals surface area contributed by atoms with Crippen LogP contribution < -0.4 is 21.3 Å². The maximum absolute atomic E-state index is 12.8. The zero-order valence-corrected chi connectivity index (χ0v) is 33.4. The number of alkyl carbamates (subject to hydrolysis) is 1. The van der Waals surface area contributed by atoms with Crippen LogP contribution in [0.2, 0.25) is 0 Å². The molecule has 4 amide bonds. The Labute approximate surface area is 332 Å². The van der Waals surface area contributed by atoms with Gasteiger partial charge in [0.05, 0.1) is 28.3 Å². The molecule has 4 rings (SSSR count). The fourth-order valence-corrected chi connectivity index (χ4v) is 6.84. The average Bonchev–Trinajstić information content (AvgIpc) is 3.72. The molecule has 56 heavy (non-hydrogen) atoms. The number of esters is 1. The largest absolute Gasteiger partial charge is 0.508 e. The number of benzene rings is 2. The molecular weight excluding hydrogens is 765 g/mol. The van der Waals surface area contributed by atoms with Gasteiger partial charge in [0.15, 0.2) is 0 Å². The van der Waals surface area contributed by atoms with E-state index >= 15 is 0 Å². The molecule has 0 bridgehead atoms. The minimum absolute atomic E-state index is 0.157. The van der Waals surface area contributed by atoms with E-state index in [1.54, 1.807) is 83.1 Å². The Bertz CT molecular complexity index is 2030. The molecular formula is C39H46N4O11S2. The van der Waals surface area contributed by atoms with Gasteiger partial charge >= 0.3 is 18.0 Å². The number of phenolic OH excluding ortho intramolecular Hbond substituents is 2. The van der Waals surface area contributed by atoms with Crippen molar-refractivity contribution >= 4 is 58.4 Å². The van der Waals surface area contributed by atoms with Gasteiger partial charge in [-0.2, -0.15) is 0 Å². The first-order valence-corrected chi connectivity index (χ1v) is 18.9. The first-order chi connectivity index (χ1) is 26.4. The van der Waals surface area contributed by atoms with E-state index in [9.17, 15) is 39.0 Å². The molecule has 2 aromatic carbocycles. The third-order valence-corrected chi connectivity index (χ3v) is 10.0. The molecule has 0 aliphatic carbocycles. The lowest BCUT2D eigenvalue weighted by atomic mass is 10.1. The standard InChI is InChI=1S/C24H31N3O7S.C15H15NO4S/c1-14-11-18(20(29)25-10-9-15-7-6-8-16(28)12-15)35-19(14)21(30)27-17(22(31)33-5)13-26-23(32)34-24(2,3)4;1-9-7-12(21-13(9)15(19)20)14(18)16-6-5-10-3-2-4-11(17)8-10/h6-8,11-12,17,28H,9-10,13H2,1-5H3,(H,25,29)(H,26,32)(H,27,30);2-4,7-8,17H,5-6H2,1H3,(H,16,18)(H,19,20)/t17-;/m0./s1. The zero-order chi connectivity index (χ0) is 41.6. The fourth-order valence-electron chi connectivity index (χ4n) is 4.92. The molecule has 0 spiro atoms. The molecule has 4 aromatic rings. The second kappa shape index (κ2) is 20.7. The third kappa shape index (κ3) is 14.4. The molecule has 7 N–H and O–H groups in total. The van der Waals surface area contributed by atoms with E-state index in [2.05, 4.69) is 21.3 Å². The van der Waals surface area contributed by atoms with E-state index in [-0.39, 0.29) is 39.6 Å². The summed E-state index contributed by atoms with van der Waals surface area (Å²) < 4.78 is 9.86. The smallest absolute Gasteiger partial charge is 0.407 e. The van der Waals surface area contributed by atoms with Gasteiger partial charge in [0, 0.05) is 13.1 Å². The summed E-state index contributed by atoms with van der Waals surface area (Å²) in [6.07, 6.45) is 0.386. The highest BCUT2D eigenvalue weighted by Crippen LogP contribution is 2.23. The number of ether oxygens (including phenoxy) is 2. The summed E-state index contributed by atoms with van der Waals surface area (Å²) in [7, 11) is 1.17. The monoisotopic (exact) mass is 810 g/mol. The van der Waals surface area contributed by atoms with Crippen molar-refractivity contribution in [2.24, 2.45) is 0 Å². The molecule has 0 saturated heterocycles. The lowest BCUT2D eigenvalue weighted by Gasteiger charge is -2.21. The number of nitrogens with one attached hydrogen (secondary N) is 4. The number of carboxylic acids is 1. The highest BCUT2D eigenvalue weighted by atomic mass is 32.1. The van der Waals surface area contributed by atoms with Crippen LogP contribution >= 0.6 is 22.7 Å². The van der Waals surface area contributed by atoms with Crippen molar-refractivity contribution in [3.63, 3.8) is 0 Å². The number of amides is 4. The minimum Gasteiger partial charge on any atom is -0.508 e. The quantitative estimate of drug-likeness (QED) is 0.0842. The number of carboxylic acid groups (broad SMARTS) is 1. The normalized spacial score (nSPS) is 11.2. The topological polar surface area (TPSA) is 230 Å². The van der Waals surface area contributed by atoms with Gasteiger partial charge in [-0.25, -0.2) is 14.4 Å². The predicted molar refractivity (Wildman–Crippen MR) is 211 cm³/mol. The van der Waals surface area contributed by atoms with Gasteiger partial charge in [-0.05, 0) is 106 Å². The fraction of sp³-hybridized carbons (Fsp3) is 0.333. The maximum atomic E-state index is 12.8. The number of rotatable bonds is 14. The summed E-state index contributed by atoms with van der Waals surface area (Å²) in [6, 6.07) is 15.6. The maximum Gasteiger partial charge on any atom is 0.407 e. The molecule has 0 fully saturated rings. The van der Waals surface area contributed by atoms with Crippen LogP contribution in [0.15, 0.2) is 60.7 Å². The highest BCUT2D eigenvalue weighted by Gasteiger charge is 2.27. The summed E-state index contributed by atoms with van der Waals surface area (Å²) in [5, 5.41) is 38.3. The van der Waals surface area contributed by atoms with Crippen molar-refractivity contribution in [3.05, 3.63) is 102 Å². The number of aromatic carboxylic acids is 1. The van der Waals surface area contributed by atoms with Crippen LogP contribution in [0.3, 0.4) is 0 Å². The van der Waals surface area contributed by atoms with Gasteiger partial charge in [0.2, 0.25) is 0 Å². The molecule has 300 valence electrons. The van der Waals surface area contributed by atoms with Crippen molar-refractivity contribution in [1.82, 2.24) is 21.3 Å². The molecule has 0 aliphatic rings. The van der Waals surface area contributed by atoms with Crippen molar-refractivity contribution in [2.75, 3.05) is 26.7 Å². The summed E-state index contributed by atoms with van der Waals surface area (Å²) in [4.78, 5) is 73.5. The van der Waals surface area contributed by atoms with Crippen LogP contribution in [0, 0.1) is 13.8 Å². The number of thiophene rings is 2. The zero-order valence-electron chi connectivity index (χ0n) is 31.8. The Balaban J connectivity index is 0.000000340. The van der Waals surface area contributed by atoms with Crippen molar-refractivity contribution < 1.29 is 53.6 Å². The number of phenols is 2. The average molecular weight is 811 g/mol. The minimum atomic E-state index is -1.15. The number of carbonyl (C=O) groups excluding carboxylic acids is 5. The highest BCUT2D eigenvalue weighted by molar-refractivity contribution is 7.16. The Morgan fingerprint density at radius 1 is 0.714 bits per heavy atom. The van der Waals surface area contributed by atoms with Gasteiger partial charge in [0.1, 0.15) is 28.0 Å². The lowest BCUT2D eigenvalue weighted by molar-refractivity contribution is -0.142. The van der Waals surface area contributed by atoms with E-state index < -0.39 is 35.6 Å².